The van der Waals surface area contributed by atoms with Crippen molar-refractivity contribution in [2.45, 2.75) is 32.6 Å². The van der Waals surface area contributed by atoms with Gasteiger partial charge in [0.25, 0.3) is 12.0 Å². The number of rotatable bonds is 6. The first-order valence-electron chi connectivity index (χ1n) is 13.1. The Hall–Kier alpha value is -4.37. The minimum Gasteiger partial charge on any atom is -0.481 e. The highest BCUT2D eigenvalue weighted by atomic mass is 35.5. The van der Waals surface area contributed by atoms with E-state index in [0.29, 0.717) is 16.6 Å². The van der Waals surface area contributed by atoms with Crippen LogP contribution in [0.1, 0.15) is 35.2 Å². The molecule has 6 rings (SSSR count). The second-order valence-electron chi connectivity index (χ2n) is 10.0. The van der Waals surface area contributed by atoms with Crippen molar-refractivity contribution in [3.05, 3.63) is 92.5 Å². The largest absolute Gasteiger partial charge is 0.481 e. The smallest absolute Gasteiger partial charge is 0.280 e. The van der Waals surface area contributed by atoms with Gasteiger partial charge in [0.05, 0.1) is 29.4 Å². The highest BCUT2D eigenvalue weighted by Crippen LogP contribution is 2.41. The van der Waals surface area contributed by atoms with Crippen molar-refractivity contribution in [3.63, 3.8) is 0 Å². The van der Waals surface area contributed by atoms with E-state index in [4.69, 9.17) is 21.3 Å². The molecule has 5 aromatic rings. The van der Waals surface area contributed by atoms with E-state index in [-0.39, 0.29) is 16.6 Å². The Morgan fingerprint density at radius 1 is 1.05 bits per heavy atom. The van der Waals surface area contributed by atoms with Gasteiger partial charge in [-0.25, -0.2) is 23.4 Å². The van der Waals surface area contributed by atoms with Crippen LogP contribution in [-0.2, 0) is 19.9 Å². The minimum absolute atomic E-state index is 0.0373. The molecule has 1 aliphatic rings. The van der Waals surface area contributed by atoms with Gasteiger partial charge in [-0.3, -0.25) is 4.79 Å². The molecule has 0 unspecified atom stereocenters. The average molecular weight is 574 g/mol. The van der Waals surface area contributed by atoms with Crippen LogP contribution in [0, 0.1) is 6.92 Å². The fourth-order valence-electron chi connectivity index (χ4n) is 5.46. The van der Waals surface area contributed by atoms with Crippen LogP contribution in [0.4, 0.5) is 20.3 Å². The predicted octanol–water partition coefficient (Wildman–Crippen LogP) is 7.20. The number of pyridine rings is 2. The minimum atomic E-state index is -2.82. The first kappa shape index (κ1) is 26.8. The van der Waals surface area contributed by atoms with E-state index in [0.717, 1.165) is 57.5 Å². The number of nitrogens with zero attached hydrogens (tertiary/aromatic N) is 4. The molecule has 7 nitrogen and oxygen atoms in total. The second-order valence-corrected chi connectivity index (χ2v) is 10.4. The van der Waals surface area contributed by atoms with E-state index < -0.39 is 17.7 Å². The number of hydrogen-bond donors (Lipinski definition) is 1. The van der Waals surface area contributed by atoms with Crippen LogP contribution in [0.3, 0.4) is 0 Å². The molecule has 41 heavy (non-hydrogen) atoms. The first-order chi connectivity index (χ1) is 19.8. The van der Waals surface area contributed by atoms with Crippen molar-refractivity contribution in [3.8, 4) is 28.3 Å². The van der Waals surface area contributed by atoms with Crippen LogP contribution in [0.15, 0.2) is 59.5 Å². The summed E-state index contributed by atoms with van der Waals surface area (Å²) in [5.41, 5.74) is 6.02. The molecule has 2 aromatic carbocycles. The lowest BCUT2D eigenvalue weighted by Gasteiger charge is -2.17. The Morgan fingerprint density at radius 3 is 2.59 bits per heavy atom. The van der Waals surface area contributed by atoms with Gasteiger partial charge in [0.1, 0.15) is 11.5 Å². The Morgan fingerprint density at radius 2 is 1.80 bits per heavy atom. The van der Waals surface area contributed by atoms with Crippen molar-refractivity contribution in [1.82, 2.24) is 19.7 Å². The van der Waals surface area contributed by atoms with E-state index in [9.17, 15) is 13.6 Å². The summed E-state index contributed by atoms with van der Waals surface area (Å²) in [6.45, 7) is 1.90. The lowest BCUT2D eigenvalue weighted by Crippen LogP contribution is -2.20. The molecule has 0 saturated carbocycles. The molecular formula is C31H26ClF2N5O2. The van der Waals surface area contributed by atoms with E-state index >= 15 is 0 Å². The molecule has 0 atom stereocenters. The number of ether oxygens (including phenoxy) is 1. The number of halogens is 3. The predicted molar refractivity (Wildman–Crippen MR) is 156 cm³/mol. The molecule has 1 aliphatic carbocycles. The molecule has 0 amide bonds. The lowest BCUT2D eigenvalue weighted by atomic mass is 9.96. The number of nitrogens with one attached hydrogen (secondary N) is 1. The number of methoxy groups -OCH3 is 1. The van der Waals surface area contributed by atoms with Crippen molar-refractivity contribution >= 4 is 33.9 Å². The Balaban J connectivity index is 1.45. The van der Waals surface area contributed by atoms with Crippen LogP contribution in [0.5, 0.6) is 5.88 Å². The van der Waals surface area contributed by atoms with Crippen molar-refractivity contribution in [2.75, 3.05) is 12.4 Å². The number of aryl methyl sites for hydroxylation is 2. The fraction of sp³-hybridized carbons (Fsp3) is 0.226. The molecule has 0 saturated heterocycles. The number of alkyl halides is 2. The quantitative estimate of drug-likeness (QED) is 0.231. The molecule has 0 spiro atoms. The summed E-state index contributed by atoms with van der Waals surface area (Å²) in [5, 5.41) is 8.10. The second kappa shape index (κ2) is 10.6. The van der Waals surface area contributed by atoms with Gasteiger partial charge >= 0.3 is 0 Å². The highest BCUT2D eigenvalue weighted by Gasteiger charge is 2.22. The fourth-order valence-corrected chi connectivity index (χ4v) is 5.78. The van der Waals surface area contributed by atoms with E-state index in [2.05, 4.69) is 21.5 Å². The summed E-state index contributed by atoms with van der Waals surface area (Å²) < 4.78 is 34.1. The molecule has 0 bridgehead atoms. The summed E-state index contributed by atoms with van der Waals surface area (Å²) in [6.07, 6.45) is 1.55. The summed E-state index contributed by atoms with van der Waals surface area (Å²) in [7, 11) is 3.13. The van der Waals surface area contributed by atoms with Gasteiger partial charge in [-0.05, 0) is 61.1 Å². The number of aromatic nitrogens is 4. The third kappa shape index (κ3) is 4.70. The molecule has 3 heterocycles. The molecule has 0 aliphatic heterocycles. The van der Waals surface area contributed by atoms with Crippen LogP contribution in [0.25, 0.3) is 33.2 Å². The lowest BCUT2D eigenvalue weighted by molar-refractivity contribution is 0.146. The monoisotopic (exact) mass is 573 g/mol. The topological polar surface area (TPSA) is 81.9 Å². The van der Waals surface area contributed by atoms with E-state index in [1.54, 1.807) is 13.2 Å². The number of fused-ring (bicyclic) bond motifs is 2. The van der Waals surface area contributed by atoms with Gasteiger partial charge < -0.3 is 10.1 Å². The van der Waals surface area contributed by atoms with E-state index in [1.165, 1.54) is 24.9 Å². The van der Waals surface area contributed by atoms with Crippen LogP contribution >= 0.6 is 11.6 Å². The summed E-state index contributed by atoms with van der Waals surface area (Å²) in [4.78, 5) is 21.8. The van der Waals surface area contributed by atoms with Crippen LogP contribution in [-0.4, -0.2) is 26.9 Å². The van der Waals surface area contributed by atoms with Crippen molar-refractivity contribution < 1.29 is 13.5 Å². The van der Waals surface area contributed by atoms with Gasteiger partial charge in [-0.2, -0.15) is 5.10 Å². The van der Waals surface area contributed by atoms with Gasteiger partial charge in [0, 0.05) is 34.8 Å². The van der Waals surface area contributed by atoms with Gasteiger partial charge in [-0.15, -0.1) is 0 Å². The third-order valence-electron chi connectivity index (χ3n) is 7.57. The van der Waals surface area contributed by atoms with Gasteiger partial charge in [0.15, 0.2) is 0 Å². The zero-order valence-corrected chi connectivity index (χ0v) is 23.4. The van der Waals surface area contributed by atoms with E-state index in [1.807, 2.05) is 37.3 Å². The molecular weight excluding hydrogens is 548 g/mol. The molecule has 208 valence electrons. The molecule has 3 aromatic heterocycles. The standard InChI is InChI=1S/C31H26ClF2N5O2/c1-16-19(21-10-5-11-22(27(21)32)24-13-17-7-4-9-20(17)30(38-24)41-3)8-6-12-23(16)36-29-26-18(14-25(37-29)28(33)34)15-35-39(2)31(26)40/h5-6,8,10-15,28H,4,7,9H2,1-3H3,(H,36,37). The number of hydrogen-bond acceptors (Lipinski definition) is 6. The Bertz CT molecular complexity index is 1890. The van der Waals surface area contributed by atoms with Gasteiger partial charge in [-0.1, -0.05) is 41.9 Å². The summed E-state index contributed by atoms with van der Waals surface area (Å²) in [6, 6.07) is 14.6. The summed E-state index contributed by atoms with van der Waals surface area (Å²) in [5.74, 6) is 0.668. The summed E-state index contributed by atoms with van der Waals surface area (Å²) >= 11 is 7.03. The highest BCUT2D eigenvalue weighted by molar-refractivity contribution is 6.36. The normalized spacial score (nSPS) is 12.7. The maximum Gasteiger partial charge on any atom is 0.280 e. The molecule has 10 heteroatoms. The molecule has 0 radical (unpaired) electrons. The van der Waals surface area contributed by atoms with Crippen LogP contribution < -0.4 is 15.6 Å². The zero-order valence-electron chi connectivity index (χ0n) is 22.6. The molecule has 1 N–H and O–H groups in total. The molecule has 0 fully saturated rings. The van der Waals surface area contributed by atoms with Crippen molar-refractivity contribution in [2.24, 2.45) is 7.05 Å². The number of anilines is 2. The SMILES string of the molecule is COc1nc(-c2cccc(-c3cccc(Nc4nc(C(F)F)cc5cnn(C)c(=O)c45)c3C)c2Cl)cc2c1CCC2. The third-order valence-corrected chi connectivity index (χ3v) is 7.98. The van der Waals surface area contributed by atoms with Crippen molar-refractivity contribution in [1.29, 1.82) is 0 Å². The van der Waals surface area contributed by atoms with Crippen LogP contribution in [0.2, 0.25) is 5.02 Å². The maximum atomic E-state index is 13.7. The number of benzene rings is 2. The maximum absolute atomic E-state index is 13.7. The zero-order chi connectivity index (χ0) is 28.8. The first-order valence-corrected chi connectivity index (χ1v) is 13.5. The average Bonchev–Trinajstić information content (AvgIpc) is 3.44. The Kier molecular flexibility index (Phi) is 6.91. The van der Waals surface area contributed by atoms with Gasteiger partial charge in [0.2, 0.25) is 5.88 Å². The Labute approximate surface area is 239 Å².